The molecule has 0 heterocycles. The number of hydrogen-bond donors (Lipinski definition) is 1. The summed E-state index contributed by atoms with van der Waals surface area (Å²) in [4.78, 5) is 0. The van der Waals surface area contributed by atoms with Crippen LogP contribution < -0.4 is 5.32 Å². The van der Waals surface area contributed by atoms with Crippen LogP contribution in [0.2, 0.25) is 5.02 Å². The third kappa shape index (κ3) is 3.48. The fourth-order valence-electron chi connectivity index (χ4n) is 2.03. The molecule has 19 heavy (non-hydrogen) atoms. The molecule has 4 heteroatoms. The summed E-state index contributed by atoms with van der Waals surface area (Å²) in [6.45, 7) is 4.72. The Morgan fingerprint density at radius 2 is 1.79 bits per heavy atom. The number of hydrogen-bond acceptors (Lipinski definition) is 1. The largest absolute Gasteiger partial charge is 0.381 e. The van der Waals surface area contributed by atoms with Crippen LogP contribution in [0.4, 0.5) is 10.1 Å². The molecule has 2 aromatic rings. The molecule has 1 nitrogen and oxygen atoms in total. The Morgan fingerprint density at radius 3 is 2.37 bits per heavy atom. The summed E-state index contributed by atoms with van der Waals surface area (Å²) in [5.74, 6) is -0.388. The number of benzene rings is 2. The van der Waals surface area contributed by atoms with Gasteiger partial charge in [-0.2, -0.15) is 0 Å². The standard InChI is InChI=1S/C15H14BrClFN/c1-9-5-12(16)6-10(2)15(9)19-8-11-3-4-14(18)13(17)7-11/h3-7,19H,8H2,1-2H3. The van der Waals surface area contributed by atoms with Crippen LogP contribution in [0, 0.1) is 19.7 Å². The van der Waals surface area contributed by atoms with Crippen LogP contribution in [0.5, 0.6) is 0 Å². The molecular formula is C15H14BrClFN. The highest BCUT2D eigenvalue weighted by Crippen LogP contribution is 2.26. The maximum Gasteiger partial charge on any atom is 0.141 e. The topological polar surface area (TPSA) is 12.0 Å². The first-order valence-electron chi connectivity index (χ1n) is 5.92. The molecule has 0 bridgehead atoms. The average Bonchev–Trinajstić information content (AvgIpc) is 2.32. The van der Waals surface area contributed by atoms with Crippen molar-refractivity contribution in [2.75, 3.05) is 5.32 Å². The summed E-state index contributed by atoms with van der Waals surface area (Å²) in [7, 11) is 0. The van der Waals surface area contributed by atoms with E-state index >= 15 is 0 Å². The highest BCUT2D eigenvalue weighted by molar-refractivity contribution is 9.10. The van der Waals surface area contributed by atoms with Crippen molar-refractivity contribution >= 4 is 33.2 Å². The third-order valence-electron chi connectivity index (χ3n) is 2.95. The molecule has 0 aliphatic heterocycles. The molecule has 0 aromatic heterocycles. The zero-order chi connectivity index (χ0) is 14.0. The fourth-order valence-corrected chi connectivity index (χ4v) is 2.92. The van der Waals surface area contributed by atoms with Gasteiger partial charge in [0.1, 0.15) is 5.82 Å². The lowest BCUT2D eigenvalue weighted by Crippen LogP contribution is -2.03. The van der Waals surface area contributed by atoms with Gasteiger partial charge >= 0.3 is 0 Å². The first kappa shape index (κ1) is 14.4. The van der Waals surface area contributed by atoms with Crippen molar-refractivity contribution in [1.29, 1.82) is 0 Å². The van der Waals surface area contributed by atoms with Gasteiger partial charge in [-0.05, 0) is 54.8 Å². The molecule has 0 spiro atoms. The summed E-state index contributed by atoms with van der Waals surface area (Å²) >= 11 is 9.24. The van der Waals surface area contributed by atoms with Crippen LogP contribution in [0.15, 0.2) is 34.8 Å². The highest BCUT2D eigenvalue weighted by Gasteiger charge is 2.05. The third-order valence-corrected chi connectivity index (χ3v) is 3.70. The number of nitrogens with one attached hydrogen (secondary N) is 1. The van der Waals surface area contributed by atoms with Crippen LogP contribution in [0.3, 0.4) is 0 Å². The van der Waals surface area contributed by atoms with Crippen molar-refractivity contribution in [3.63, 3.8) is 0 Å². The zero-order valence-electron chi connectivity index (χ0n) is 10.7. The SMILES string of the molecule is Cc1cc(Br)cc(C)c1NCc1ccc(F)c(Cl)c1. The van der Waals surface area contributed by atoms with Crippen LogP contribution in [-0.4, -0.2) is 0 Å². The summed E-state index contributed by atoms with van der Waals surface area (Å²) < 4.78 is 14.1. The van der Waals surface area contributed by atoms with Gasteiger partial charge in [0.05, 0.1) is 5.02 Å². The Balaban J connectivity index is 2.16. The van der Waals surface area contributed by atoms with E-state index in [4.69, 9.17) is 11.6 Å². The van der Waals surface area contributed by atoms with E-state index in [0.717, 1.165) is 15.7 Å². The Labute approximate surface area is 125 Å². The molecule has 0 amide bonds. The van der Waals surface area contributed by atoms with Gasteiger partial charge in [0.2, 0.25) is 0 Å². The summed E-state index contributed by atoms with van der Waals surface area (Å²) in [6.07, 6.45) is 0. The van der Waals surface area contributed by atoms with Crippen molar-refractivity contribution in [2.45, 2.75) is 20.4 Å². The van der Waals surface area contributed by atoms with Gasteiger partial charge in [-0.15, -0.1) is 0 Å². The molecule has 100 valence electrons. The highest BCUT2D eigenvalue weighted by atomic mass is 79.9. The van der Waals surface area contributed by atoms with Crippen molar-refractivity contribution in [1.82, 2.24) is 0 Å². The maximum atomic E-state index is 13.1. The van der Waals surface area contributed by atoms with Gasteiger partial charge in [-0.3, -0.25) is 0 Å². The molecule has 2 rings (SSSR count). The molecule has 0 radical (unpaired) electrons. The number of aryl methyl sites for hydroxylation is 2. The Kier molecular flexibility index (Phi) is 4.48. The van der Waals surface area contributed by atoms with Crippen LogP contribution in [0.1, 0.15) is 16.7 Å². The first-order chi connectivity index (χ1) is 8.97. The minimum absolute atomic E-state index is 0.156. The normalized spacial score (nSPS) is 10.6. The molecule has 0 saturated carbocycles. The van der Waals surface area contributed by atoms with Crippen molar-refractivity contribution in [2.24, 2.45) is 0 Å². The smallest absolute Gasteiger partial charge is 0.141 e. The second-order valence-electron chi connectivity index (χ2n) is 4.52. The lowest BCUT2D eigenvalue weighted by atomic mass is 10.1. The number of anilines is 1. The predicted molar refractivity (Wildman–Crippen MR) is 82.4 cm³/mol. The number of halogens is 3. The van der Waals surface area contributed by atoms with E-state index in [-0.39, 0.29) is 10.8 Å². The van der Waals surface area contributed by atoms with Gasteiger partial charge in [0.25, 0.3) is 0 Å². The van der Waals surface area contributed by atoms with E-state index in [1.165, 1.54) is 17.2 Å². The van der Waals surface area contributed by atoms with Crippen LogP contribution >= 0.6 is 27.5 Å². The quantitative estimate of drug-likeness (QED) is 0.780. The Hall–Kier alpha value is -1.06. The first-order valence-corrected chi connectivity index (χ1v) is 7.09. The van der Waals surface area contributed by atoms with E-state index in [0.29, 0.717) is 6.54 Å². The fraction of sp³-hybridized carbons (Fsp3) is 0.200. The molecule has 2 aromatic carbocycles. The van der Waals surface area contributed by atoms with E-state index in [1.807, 2.05) is 0 Å². The zero-order valence-corrected chi connectivity index (χ0v) is 13.1. The minimum Gasteiger partial charge on any atom is -0.381 e. The number of rotatable bonds is 3. The van der Waals surface area contributed by atoms with Crippen molar-refractivity contribution < 1.29 is 4.39 Å². The predicted octanol–water partition coefficient (Wildman–Crippen LogP) is 5.47. The van der Waals surface area contributed by atoms with Gasteiger partial charge in [-0.25, -0.2) is 4.39 Å². The maximum absolute atomic E-state index is 13.1. The summed E-state index contributed by atoms with van der Waals surface area (Å²) in [6, 6.07) is 8.89. The van der Waals surface area contributed by atoms with Crippen LogP contribution in [-0.2, 0) is 6.54 Å². The van der Waals surface area contributed by atoms with E-state index < -0.39 is 0 Å². The van der Waals surface area contributed by atoms with E-state index in [9.17, 15) is 4.39 Å². The molecular weight excluding hydrogens is 329 g/mol. The van der Waals surface area contributed by atoms with E-state index in [1.54, 1.807) is 12.1 Å². The summed E-state index contributed by atoms with van der Waals surface area (Å²) in [5, 5.41) is 3.53. The van der Waals surface area contributed by atoms with Gasteiger partial charge < -0.3 is 5.32 Å². The van der Waals surface area contributed by atoms with Gasteiger partial charge in [-0.1, -0.05) is 33.6 Å². The molecule has 1 N–H and O–H groups in total. The Bertz CT molecular complexity index is 590. The molecule has 0 aliphatic rings. The van der Waals surface area contributed by atoms with E-state index in [2.05, 4.69) is 47.2 Å². The monoisotopic (exact) mass is 341 g/mol. The van der Waals surface area contributed by atoms with Gasteiger partial charge in [0.15, 0.2) is 0 Å². The summed E-state index contributed by atoms with van der Waals surface area (Å²) in [5.41, 5.74) is 4.39. The lowest BCUT2D eigenvalue weighted by molar-refractivity contribution is 0.627. The van der Waals surface area contributed by atoms with Crippen molar-refractivity contribution in [3.05, 3.63) is 62.3 Å². The molecule has 0 aliphatic carbocycles. The van der Waals surface area contributed by atoms with Crippen LogP contribution in [0.25, 0.3) is 0 Å². The molecule has 0 saturated heterocycles. The van der Waals surface area contributed by atoms with Gasteiger partial charge in [0, 0.05) is 16.7 Å². The average molecular weight is 343 g/mol. The van der Waals surface area contributed by atoms with Crippen molar-refractivity contribution in [3.8, 4) is 0 Å². The lowest BCUT2D eigenvalue weighted by Gasteiger charge is -2.13. The molecule has 0 fully saturated rings. The molecule has 0 atom stereocenters. The Morgan fingerprint density at radius 1 is 1.16 bits per heavy atom. The second kappa shape index (κ2) is 5.93. The second-order valence-corrected chi connectivity index (χ2v) is 5.84. The molecule has 0 unspecified atom stereocenters. The minimum atomic E-state index is -0.388.